The average molecular weight is 285 g/mol. The summed E-state index contributed by atoms with van der Waals surface area (Å²) in [5.74, 6) is 0. The minimum Gasteiger partial charge on any atom is -0.328 e. The molecule has 0 rings (SSSR count). The van der Waals surface area contributed by atoms with Crippen LogP contribution in [-0.2, 0) is 0 Å². The van der Waals surface area contributed by atoms with E-state index in [-0.39, 0.29) is 0 Å². The van der Waals surface area contributed by atoms with Gasteiger partial charge in [0.05, 0.1) is 27.2 Å². The molecule has 0 aromatic rings. The Morgan fingerprint density at radius 1 is 0.550 bits per heavy atom. The van der Waals surface area contributed by atoms with Gasteiger partial charge in [0.2, 0.25) is 0 Å². The molecular formula is C19H42N+. The first-order valence-corrected chi connectivity index (χ1v) is 9.33. The molecule has 0 saturated heterocycles. The maximum Gasteiger partial charge on any atom is 0.0884 e. The van der Waals surface area contributed by atoms with E-state index in [1.807, 2.05) is 0 Å². The lowest BCUT2D eigenvalue weighted by Gasteiger charge is -2.34. The van der Waals surface area contributed by atoms with Gasteiger partial charge in [-0.05, 0) is 25.7 Å². The first-order valence-electron chi connectivity index (χ1n) is 9.33. The molecule has 0 radical (unpaired) electrons. The molecule has 0 heterocycles. The highest BCUT2D eigenvalue weighted by Gasteiger charge is 2.22. The summed E-state index contributed by atoms with van der Waals surface area (Å²) in [4.78, 5) is 0. The maximum atomic E-state index is 2.38. The molecule has 0 aromatic heterocycles. The van der Waals surface area contributed by atoms with Gasteiger partial charge in [0.15, 0.2) is 0 Å². The van der Waals surface area contributed by atoms with Crippen LogP contribution in [0.15, 0.2) is 0 Å². The van der Waals surface area contributed by atoms with Crippen LogP contribution >= 0.6 is 0 Å². The predicted molar refractivity (Wildman–Crippen MR) is 93.2 cm³/mol. The maximum absolute atomic E-state index is 2.38. The van der Waals surface area contributed by atoms with E-state index in [1.54, 1.807) is 0 Å². The van der Waals surface area contributed by atoms with E-state index in [9.17, 15) is 0 Å². The second-order valence-corrected chi connectivity index (χ2v) is 7.53. The van der Waals surface area contributed by atoms with Crippen molar-refractivity contribution in [3.63, 3.8) is 0 Å². The van der Waals surface area contributed by atoms with Gasteiger partial charge in [0.1, 0.15) is 0 Å². The van der Waals surface area contributed by atoms with E-state index >= 15 is 0 Å². The largest absolute Gasteiger partial charge is 0.328 e. The Hall–Kier alpha value is -0.0400. The standard InChI is InChI=1S/C19H42N/c1-6-8-10-11-12-13-14-16-18-19(20(3,4)5)17-15-9-7-2/h19H,6-18H2,1-5H3/q+1. The van der Waals surface area contributed by atoms with Crippen LogP contribution in [-0.4, -0.2) is 31.7 Å². The topological polar surface area (TPSA) is 0 Å². The third kappa shape index (κ3) is 11.8. The highest BCUT2D eigenvalue weighted by Crippen LogP contribution is 2.19. The number of hydrogen-bond donors (Lipinski definition) is 0. The van der Waals surface area contributed by atoms with Crippen molar-refractivity contribution >= 4 is 0 Å². The molecule has 0 fully saturated rings. The highest BCUT2D eigenvalue weighted by atomic mass is 15.3. The van der Waals surface area contributed by atoms with Crippen molar-refractivity contribution in [3.8, 4) is 0 Å². The van der Waals surface area contributed by atoms with Crippen LogP contribution in [0.1, 0.15) is 97.3 Å². The molecule has 0 spiro atoms. The summed E-state index contributed by atoms with van der Waals surface area (Å²) < 4.78 is 1.15. The van der Waals surface area contributed by atoms with E-state index in [4.69, 9.17) is 0 Å². The van der Waals surface area contributed by atoms with Crippen molar-refractivity contribution in [1.29, 1.82) is 0 Å². The highest BCUT2D eigenvalue weighted by molar-refractivity contribution is 4.60. The van der Waals surface area contributed by atoms with Crippen LogP contribution in [0.25, 0.3) is 0 Å². The number of nitrogens with zero attached hydrogens (tertiary/aromatic N) is 1. The third-order valence-electron chi connectivity index (χ3n) is 4.63. The minimum atomic E-state index is 0.877. The van der Waals surface area contributed by atoms with E-state index in [0.29, 0.717) is 0 Å². The number of hydrogen-bond acceptors (Lipinski definition) is 0. The summed E-state index contributed by atoms with van der Waals surface area (Å²) in [6.07, 6.45) is 18.6. The Kier molecular flexibility index (Phi) is 12.7. The number of unbranched alkanes of at least 4 members (excludes halogenated alkanes) is 9. The van der Waals surface area contributed by atoms with Crippen LogP contribution in [0.4, 0.5) is 0 Å². The van der Waals surface area contributed by atoms with E-state index in [1.165, 1.54) is 83.5 Å². The SMILES string of the molecule is CCCCCCCCCCC(CCCCC)[N+](C)(C)C. The van der Waals surface area contributed by atoms with Gasteiger partial charge in [0.25, 0.3) is 0 Å². The molecule has 1 atom stereocenters. The van der Waals surface area contributed by atoms with Crippen LogP contribution in [0.5, 0.6) is 0 Å². The Labute approximate surface area is 129 Å². The number of rotatable bonds is 14. The van der Waals surface area contributed by atoms with Gasteiger partial charge >= 0.3 is 0 Å². The molecule has 1 nitrogen and oxygen atoms in total. The predicted octanol–water partition coefficient (Wildman–Crippen LogP) is 6.17. The second-order valence-electron chi connectivity index (χ2n) is 7.53. The summed E-state index contributed by atoms with van der Waals surface area (Å²) >= 11 is 0. The average Bonchev–Trinajstić information content (AvgIpc) is 2.38. The van der Waals surface area contributed by atoms with Gasteiger partial charge in [-0.3, -0.25) is 0 Å². The molecule has 0 aliphatic rings. The fraction of sp³-hybridized carbons (Fsp3) is 1.00. The van der Waals surface area contributed by atoms with Crippen LogP contribution in [0.2, 0.25) is 0 Å². The minimum absolute atomic E-state index is 0.877. The zero-order valence-corrected chi connectivity index (χ0v) is 15.2. The lowest BCUT2D eigenvalue weighted by molar-refractivity contribution is -0.896. The lowest BCUT2D eigenvalue weighted by atomic mass is 9.98. The van der Waals surface area contributed by atoms with E-state index in [2.05, 4.69) is 35.0 Å². The Balaban J connectivity index is 3.64. The monoisotopic (exact) mass is 284 g/mol. The molecule has 1 unspecified atom stereocenters. The van der Waals surface area contributed by atoms with Gasteiger partial charge in [-0.2, -0.15) is 0 Å². The number of quaternary nitrogens is 1. The van der Waals surface area contributed by atoms with Gasteiger partial charge < -0.3 is 4.48 Å². The summed E-state index contributed by atoms with van der Waals surface area (Å²) in [6.45, 7) is 4.60. The van der Waals surface area contributed by atoms with Crippen molar-refractivity contribution in [1.82, 2.24) is 0 Å². The Bertz CT molecular complexity index is 192. The zero-order chi connectivity index (χ0) is 15.3. The molecule has 0 aliphatic carbocycles. The van der Waals surface area contributed by atoms with Gasteiger partial charge in [-0.1, -0.05) is 71.6 Å². The van der Waals surface area contributed by atoms with Crippen molar-refractivity contribution in [2.45, 2.75) is 103 Å². The molecule has 0 aliphatic heterocycles. The van der Waals surface area contributed by atoms with Crippen LogP contribution < -0.4 is 0 Å². The molecule has 0 aromatic carbocycles. The molecule has 0 saturated carbocycles. The Morgan fingerprint density at radius 3 is 1.35 bits per heavy atom. The van der Waals surface area contributed by atoms with Crippen LogP contribution in [0.3, 0.4) is 0 Å². The van der Waals surface area contributed by atoms with Gasteiger partial charge in [-0.15, -0.1) is 0 Å². The van der Waals surface area contributed by atoms with Crippen LogP contribution in [0, 0.1) is 0 Å². The normalized spacial score (nSPS) is 13.7. The molecule has 0 N–H and O–H groups in total. The Morgan fingerprint density at radius 2 is 0.900 bits per heavy atom. The fourth-order valence-corrected chi connectivity index (χ4v) is 3.06. The summed E-state index contributed by atoms with van der Waals surface area (Å²) in [6, 6.07) is 0.877. The quantitative estimate of drug-likeness (QED) is 0.264. The summed E-state index contributed by atoms with van der Waals surface area (Å²) in [7, 11) is 7.13. The van der Waals surface area contributed by atoms with Crippen molar-refractivity contribution in [2.75, 3.05) is 21.1 Å². The van der Waals surface area contributed by atoms with Gasteiger partial charge in [-0.25, -0.2) is 0 Å². The summed E-state index contributed by atoms with van der Waals surface area (Å²) in [5.41, 5.74) is 0. The first-order chi connectivity index (χ1) is 9.52. The van der Waals surface area contributed by atoms with E-state index < -0.39 is 0 Å². The van der Waals surface area contributed by atoms with E-state index in [0.717, 1.165) is 10.5 Å². The van der Waals surface area contributed by atoms with Crippen molar-refractivity contribution in [3.05, 3.63) is 0 Å². The summed E-state index contributed by atoms with van der Waals surface area (Å²) in [5, 5.41) is 0. The van der Waals surface area contributed by atoms with Crippen molar-refractivity contribution < 1.29 is 4.48 Å². The molecule has 0 bridgehead atoms. The first kappa shape index (κ1) is 20.0. The molecule has 122 valence electrons. The smallest absolute Gasteiger partial charge is 0.0884 e. The third-order valence-corrected chi connectivity index (χ3v) is 4.63. The second kappa shape index (κ2) is 12.7. The lowest BCUT2D eigenvalue weighted by Crippen LogP contribution is -2.45. The molecule has 1 heteroatoms. The molecule has 0 amide bonds. The fourth-order valence-electron chi connectivity index (χ4n) is 3.06. The van der Waals surface area contributed by atoms with Gasteiger partial charge in [0, 0.05) is 0 Å². The van der Waals surface area contributed by atoms with Crippen molar-refractivity contribution in [2.24, 2.45) is 0 Å². The molecular weight excluding hydrogens is 242 g/mol. The zero-order valence-electron chi connectivity index (χ0n) is 15.2. The molecule has 20 heavy (non-hydrogen) atoms.